The van der Waals surface area contributed by atoms with E-state index < -0.39 is 0 Å². The van der Waals surface area contributed by atoms with E-state index >= 15 is 0 Å². The Morgan fingerprint density at radius 2 is 2.17 bits per heavy atom. The first-order valence-electron chi connectivity index (χ1n) is 7.86. The largest absolute Gasteiger partial charge is 0.497 e. The molecular formula is C19H20BrNO2. The van der Waals surface area contributed by atoms with Gasteiger partial charge in [0, 0.05) is 4.47 Å². The van der Waals surface area contributed by atoms with E-state index in [4.69, 9.17) is 4.74 Å². The quantitative estimate of drug-likeness (QED) is 0.872. The lowest BCUT2D eigenvalue weighted by atomic mass is 9.87. The molecule has 1 amide bonds. The predicted octanol–water partition coefficient (Wildman–Crippen LogP) is 4.19. The first-order chi connectivity index (χ1) is 11.2. The van der Waals surface area contributed by atoms with Crippen molar-refractivity contribution in [3.05, 3.63) is 63.6 Å². The van der Waals surface area contributed by atoms with Crippen molar-refractivity contribution < 1.29 is 9.53 Å². The monoisotopic (exact) mass is 373 g/mol. The summed E-state index contributed by atoms with van der Waals surface area (Å²) in [5, 5.41) is 3.19. The van der Waals surface area contributed by atoms with Crippen LogP contribution in [0.15, 0.2) is 46.9 Å². The Kier molecular flexibility index (Phi) is 5.01. The zero-order valence-corrected chi connectivity index (χ0v) is 14.7. The van der Waals surface area contributed by atoms with Crippen LogP contribution < -0.4 is 10.1 Å². The molecule has 1 aliphatic carbocycles. The number of methoxy groups -OCH3 is 1. The van der Waals surface area contributed by atoms with Crippen LogP contribution in [0.1, 0.15) is 35.6 Å². The lowest BCUT2D eigenvalue weighted by Gasteiger charge is -2.27. The van der Waals surface area contributed by atoms with Gasteiger partial charge in [-0.2, -0.15) is 0 Å². The van der Waals surface area contributed by atoms with Crippen molar-refractivity contribution in [2.24, 2.45) is 0 Å². The van der Waals surface area contributed by atoms with Gasteiger partial charge in [0.15, 0.2) is 0 Å². The summed E-state index contributed by atoms with van der Waals surface area (Å²) in [7, 11) is 1.68. The molecule has 0 bridgehead atoms. The first-order valence-corrected chi connectivity index (χ1v) is 8.65. The minimum Gasteiger partial charge on any atom is -0.497 e. The third-order valence-corrected chi connectivity index (χ3v) is 4.75. The number of carbonyl (C=O) groups is 1. The van der Waals surface area contributed by atoms with Crippen LogP contribution in [0.4, 0.5) is 0 Å². The van der Waals surface area contributed by atoms with Crippen LogP contribution in [0.3, 0.4) is 0 Å². The third kappa shape index (κ3) is 3.94. The summed E-state index contributed by atoms with van der Waals surface area (Å²) in [6.45, 7) is 0. The number of carbonyl (C=O) groups excluding carboxylic acids is 1. The molecule has 4 heteroatoms. The van der Waals surface area contributed by atoms with Crippen LogP contribution in [-0.2, 0) is 17.6 Å². The molecule has 1 atom stereocenters. The predicted molar refractivity (Wildman–Crippen MR) is 94.7 cm³/mol. The highest BCUT2D eigenvalue weighted by atomic mass is 79.9. The minimum atomic E-state index is 0.0665. The average molecular weight is 374 g/mol. The number of benzene rings is 2. The molecule has 0 fully saturated rings. The molecule has 0 spiro atoms. The molecule has 0 aliphatic heterocycles. The van der Waals surface area contributed by atoms with Gasteiger partial charge in [0.2, 0.25) is 5.91 Å². The number of rotatable bonds is 4. The van der Waals surface area contributed by atoms with Crippen LogP contribution in [0.2, 0.25) is 0 Å². The molecule has 1 N–H and O–H groups in total. The number of fused-ring (bicyclic) bond motifs is 1. The highest BCUT2D eigenvalue weighted by Gasteiger charge is 2.22. The van der Waals surface area contributed by atoms with Crippen molar-refractivity contribution in [3.8, 4) is 5.75 Å². The fourth-order valence-corrected chi connectivity index (χ4v) is 3.59. The summed E-state index contributed by atoms with van der Waals surface area (Å²) in [5.41, 5.74) is 3.52. The summed E-state index contributed by atoms with van der Waals surface area (Å²) >= 11 is 3.44. The second-order valence-electron chi connectivity index (χ2n) is 5.88. The van der Waals surface area contributed by atoms with Gasteiger partial charge in [-0.15, -0.1) is 0 Å². The minimum absolute atomic E-state index is 0.0665. The van der Waals surface area contributed by atoms with Crippen LogP contribution in [-0.4, -0.2) is 13.0 Å². The Labute approximate surface area is 145 Å². The SMILES string of the molecule is COc1ccc2c(c1)CCCC2NC(=O)Cc1cccc(Br)c1. The second kappa shape index (κ2) is 7.18. The molecule has 0 heterocycles. The number of nitrogens with one attached hydrogen (secondary N) is 1. The lowest BCUT2D eigenvalue weighted by molar-refractivity contribution is -0.121. The Morgan fingerprint density at radius 3 is 2.96 bits per heavy atom. The van der Waals surface area contributed by atoms with Gasteiger partial charge >= 0.3 is 0 Å². The zero-order chi connectivity index (χ0) is 16.2. The maximum absolute atomic E-state index is 12.4. The summed E-state index contributed by atoms with van der Waals surface area (Å²) in [4.78, 5) is 12.4. The van der Waals surface area contributed by atoms with E-state index in [1.54, 1.807) is 7.11 Å². The molecular weight excluding hydrogens is 354 g/mol. The Hall–Kier alpha value is -1.81. The number of halogens is 1. The van der Waals surface area contributed by atoms with Crippen molar-refractivity contribution in [2.75, 3.05) is 7.11 Å². The maximum Gasteiger partial charge on any atom is 0.224 e. The van der Waals surface area contributed by atoms with Gasteiger partial charge in [0.25, 0.3) is 0 Å². The smallest absolute Gasteiger partial charge is 0.224 e. The normalized spacial score (nSPS) is 16.5. The van der Waals surface area contributed by atoms with E-state index in [2.05, 4.69) is 33.4 Å². The van der Waals surface area contributed by atoms with Gasteiger partial charge in [-0.05, 0) is 60.2 Å². The molecule has 0 saturated carbocycles. The van der Waals surface area contributed by atoms with Crippen LogP contribution in [0.25, 0.3) is 0 Å². The third-order valence-electron chi connectivity index (χ3n) is 4.25. The van der Waals surface area contributed by atoms with Crippen molar-refractivity contribution in [2.45, 2.75) is 31.7 Å². The average Bonchev–Trinajstić information content (AvgIpc) is 2.54. The zero-order valence-electron chi connectivity index (χ0n) is 13.1. The van der Waals surface area contributed by atoms with Gasteiger partial charge < -0.3 is 10.1 Å². The van der Waals surface area contributed by atoms with E-state index in [1.807, 2.05) is 30.3 Å². The van der Waals surface area contributed by atoms with Gasteiger partial charge in [0.1, 0.15) is 5.75 Å². The summed E-state index contributed by atoms with van der Waals surface area (Å²) < 4.78 is 6.29. The summed E-state index contributed by atoms with van der Waals surface area (Å²) in [6, 6.07) is 14.1. The van der Waals surface area contributed by atoms with Crippen molar-refractivity contribution >= 4 is 21.8 Å². The van der Waals surface area contributed by atoms with Crippen molar-refractivity contribution in [3.63, 3.8) is 0 Å². The molecule has 0 saturated heterocycles. The van der Waals surface area contributed by atoms with Crippen molar-refractivity contribution in [1.82, 2.24) is 5.32 Å². The highest BCUT2D eigenvalue weighted by molar-refractivity contribution is 9.10. The number of ether oxygens (including phenoxy) is 1. The molecule has 3 rings (SSSR count). The standard InChI is InChI=1S/C19H20BrNO2/c1-23-16-8-9-17-14(12-16)5-3-7-18(17)21-19(22)11-13-4-2-6-15(20)10-13/h2,4,6,8-10,12,18H,3,5,7,11H2,1H3,(H,21,22). The molecule has 2 aromatic carbocycles. The van der Waals surface area contributed by atoms with Gasteiger partial charge in [0.05, 0.1) is 19.6 Å². The fourth-order valence-electron chi connectivity index (χ4n) is 3.15. The highest BCUT2D eigenvalue weighted by Crippen LogP contribution is 2.32. The first kappa shape index (κ1) is 16.1. The lowest BCUT2D eigenvalue weighted by Crippen LogP contribution is -2.32. The van der Waals surface area contributed by atoms with Crippen molar-refractivity contribution in [1.29, 1.82) is 0 Å². The van der Waals surface area contributed by atoms with E-state index in [1.165, 1.54) is 11.1 Å². The summed E-state index contributed by atoms with van der Waals surface area (Å²) in [6.07, 6.45) is 3.53. The van der Waals surface area contributed by atoms with Crippen LogP contribution >= 0.6 is 15.9 Å². The number of hydrogen-bond acceptors (Lipinski definition) is 2. The van der Waals surface area contributed by atoms with E-state index in [9.17, 15) is 4.79 Å². The van der Waals surface area contributed by atoms with E-state index in [-0.39, 0.29) is 11.9 Å². The molecule has 0 radical (unpaired) electrons. The molecule has 2 aromatic rings. The van der Waals surface area contributed by atoms with Crippen LogP contribution in [0.5, 0.6) is 5.75 Å². The Bertz CT molecular complexity index is 714. The van der Waals surface area contributed by atoms with Gasteiger partial charge in [-0.25, -0.2) is 0 Å². The van der Waals surface area contributed by atoms with Crippen LogP contribution in [0, 0.1) is 0 Å². The Morgan fingerprint density at radius 1 is 1.30 bits per heavy atom. The summed E-state index contributed by atoms with van der Waals surface area (Å²) in [5.74, 6) is 0.946. The second-order valence-corrected chi connectivity index (χ2v) is 6.80. The maximum atomic E-state index is 12.4. The molecule has 0 aromatic heterocycles. The molecule has 1 aliphatic rings. The molecule has 1 unspecified atom stereocenters. The topological polar surface area (TPSA) is 38.3 Å². The number of amides is 1. The van der Waals surface area contributed by atoms with E-state index in [0.717, 1.165) is 35.0 Å². The number of aryl methyl sites for hydroxylation is 1. The molecule has 23 heavy (non-hydrogen) atoms. The van der Waals surface area contributed by atoms with Gasteiger partial charge in [-0.3, -0.25) is 4.79 Å². The molecule has 120 valence electrons. The fraction of sp³-hybridized carbons (Fsp3) is 0.316. The van der Waals surface area contributed by atoms with Gasteiger partial charge in [-0.1, -0.05) is 34.1 Å². The molecule has 3 nitrogen and oxygen atoms in total. The van der Waals surface area contributed by atoms with E-state index in [0.29, 0.717) is 6.42 Å². The number of hydrogen-bond donors (Lipinski definition) is 1. The Balaban J connectivity index is 1.70.